The van der Waals surface area contributed by atoms with E-state index in [4.69, 9.17) is 4.74 Å². The predicted octanol–water partition coefficient (Wildman–Crippen LogP) is 2.21. The summed E-state index contributed by atoms with van der Waals surface area (Å²) in [4.78, 5) is 34.0. The van der Waals surface area contributed by atoms with E-state index < -0.39 is 11.9 Å². The third kappa shape index (κ3) is 3.96. The van der Waals surface area contributed by atoms with Crippen molar-refractivity contribution in [2.45, 2.75) is 26.2 Å². The van der Waals surface area contributed by atoms with Crippen LogP contribution in [0.15, 0.2) is 19.0 Å². The summed E-state index contributed by atoms with van der Waals surface area (Å²) in [6, 6.07) is -0.580. The molecule has 0 aliphatic heterocycles. The molecule has 1 aliphatic rings. The molecule has 0 fully saturated rings. The van der Waals surface area contributed by atoms with Crippen molar-refractivity contribution >= 4 is 33.5 Å². The quantitative estimate of drug-likeness (QED) is 0.798. The van der Waals surface area contributed by atoms with E-state index in [9.17, 15) is 9.59 Å². The average molecular weight is 360 g/mol. The minimum Gasteiger partial charge on any atom is -0.467 e. The minimum atomic E-state index is -0.580. The van der Waals surface area contributed by atoms with Gasteiger partial charge in [-0.2, -0.15) is 0 Å². The Labute approximate surface area is 149 Å². The lowest BCUT2D eigenvalue weighted by Gasteiger charge is -2.18. The first-order chi connectivity index (χ1) is 12.1. The van der Waals surface area contributed by atoms with Crippen LogP contribution in [0.3, 0.4) is 0 Å². The number of carbonyl (C=O) groups is 2. The number of hydrogen-bond donors (Lipinski definition) is 2. The Balaban J connectivity index is 1.71. The molecule has 0 aromatic carbocycles. The number of urea groups is 1. The molecule has 2 heterocycles. The zero-order valence-electron chi connectivity index (χ0n) is 14.0. The normalized spacial score (nSPS) is 16.1. The highest BCUT2D eigenvalue weighted by Gasteiger charge is 2.24. The number of ether oxygens (including phenoxy) is 1. The molecule has 2 aromatic heterocycles. The number of fused-ring (bicyclic) bond motifs is 3. The number of carbonyl (C=O) groups excluding carboxylic acids is 2. The van der Waals surface area contributed by atoms with Crippen molar-refractivity contribution in [1.29, 1.82) is 0 Å². The van der Waals surface area contributed by atoms with Crippen molar-refractivity contribution < 1.29 is 14.3 Å². The lowest BCUT2D eigenvalue weighted by atomic mass is 9.89. The molecule has 0 spiro atoms. The van der Waals surface area contributed by atoms with Crippen molar-refractivity contribution in [2.75, 3.05) is 13.2 Å². The Hall–Kier alpha value is -2.48. The van der Waals surface area contributed by atoms with Crippen molar-refractivity contribution in [3.8, 4) is 5.88 Å². The van der Waals surface area contributed by atoms with Crippen LogP contribution in [0.4, 0.5) is 4.79 Å². The number of nitrogens with one attached hydrogen (secondary N) is 2. The highest BCUT2D eigenvalue weighted by Crippen LogP contribution is 2.40. The van der Waals surface area contributed by atoms with Gasteiger partial charge >= 0.3 is 6.03 Å². The van der Waals surface area contributed by atoms with E-state index in [0.717, 1.165) is 29.5 Å². The first kappa shape index (κ1) is 17.3. The Morgan fingerprint density at radius 1 is 1.48 bits per heavy atom. The molecule has 3 rings (SSSR count). The molecule has 2 N–H and O–H groups in total. The number of rotatable bonds is 5. The summed E-state index contributed by atoms with van der Waals surface area (Å²) in [5, 5.41) is 5.56. The number of aromatic nitrogens is 2. The molecular weight excluding hydrogens is 340 g/mol. The lowest BCUT2D eigenvalue weighted by molar-refractivity contribution is -0.122. The predicted molar refractivity (Wildman–Crippen MR) is 95.8 cm³/mol. The Bertz CT molecular complexity index is 818. The largest absolute Gasteiger partial charge is 0.467 e. The van der Waals surface area contributed by atoms with Crippen molar-refractivity contribution in [2.24, 2.45) is 5.92 Å². The van der Waals surface area contributed by atoms with E-state index in [1.807, 2.05) is 0 Å². The number of amides is 3. The molecule has 2 aromatic rings. The number of imide groups is 1. The molecule has 0 radical (unpaired) electrons. The van der Waals surface area contributed by atoms with Gasteiger partial charge in [0.15, 0.2) is 6.61 Å². The Morgan fingerprint density at radius 2 is 2.32 bits per heavy atom. The third-order valence-electron chi connectivity index (χ3n) is 4.06. The summed E-state index contributed by atoms with van der Waals surface area (Å²) in [5.41, 5.74) is 1.23. The van der Waals surface area contributed by atoms with Crippen LogP contribution >= 0.6 is 11.3 Å². The monoisotopic (exact) mass is 360 g/mol. The number of thiophene rings is 1. The summed E-state index contributed by atoms with van der Waals surface area (Å²) in [6.07, 6.45) is 6.10. The standard InChI is InChI=1S/C17H20N4O3S/c1-3-6-18-17(23)21-13(22)8-24-15-14-11-5-4-10(2)7-12(11)25-16(14)20-9-19-15/h3,9-10H,1,4-8H2,2H3,(H2,18,21,22,23). The van der Waals surface area contributed by atoms with Gasteiger partial charge in [0.25, 0.3) is 5.91 Å². The summed E-state index contributed by atoms with van der Waals surface area (Å²) in [7, 11) is 0. The van der Waals surface area contributed by atoms with E-state index in [1.54, 1.807) is 11.3 Å². The Kier molecular flexibility index (Phi) is 5.28. The molecule has 0 bridgehead atoms. The molecule has 3 amide bonds. The first-order valence-electron chi connectivity index (χ1n) is 8.15. The van der Waals surface area contributed by atoms with Gasteiger partial charge in [0.05, 0.1) is 5.39 Å². The highest BCUT2D eigenvalue weighted by atomic mass is 32.1. The maximum Gasteiger partial charge on any atom is 0.321 e. The number of aryl methyl sites for hydroxylation is 1. The zero-order chi connectivity index (χ0) is 17.8. The van der Waals surface area contributed by atoms with Crippen LogP contribution in [0.5, 0.6) is 5.88 Å². The third-order valence-corrected chi connectivity index (χ3v) is 5.22. The van der Waals surface area contributed by atoms with Gasteiger partial charge in [0, 0.05) is 11.4 Å². The minimum absolute atomic E-state index is 0.283. The van der Waals surface area contributed by atoms with E-state index in [0.29, 0.717) is 11.8 Å². The topological polar surface area (TPSA) is 93.2 Å². The molecule has 25 heavy (non-hydrogen) atoms. The van der Waals surface area contributed by atoms with Gasteiger partial charge in [-0.1, -0.05) is 13.0 Å². The van der Waals surface area contributed by atoms with Gasteiger partial charge in [-0.25, -0.2) is 14.8 Å². The zero-order valence-corrected chi connectivity index (χ0v) is 14.8. The first-order valence-corrected chi connectivity index (χ1v) is 8.96. The maximum absolute atomic E-state index is 11.8. The lowest BCUT2D eigenvalue weighted by Crippen LogP contribution is -2.41. The highest BCUT2D eigenvalue weighted by molar-refractivity contribution is 7.18. The van der Waals surface area contributed by atoms with E-state index in [2.05, 4.69) is 34.1 Å². The van der Waals surface area contributed by atoms with Crippen LogP contribution in [-0.4, -0.2) is 35.1 Å². The van der Waals surface area contributed by atoms with Crippen LogP contribution in [0.25, 0.3) is 10.2 Å². The second-order valence-corrected chi connectivity index (χ2v) is 7.13. The van der Waals surface area contributed by atoms with Crippen molar-refractivity contribution in [1.82, 2.24) is 20.6 Å². The second-order valence-electron chi connectivity index (χ2n) is 6.05. The molecular formula is C17H20N4O3S. The number of hydrogen-bond acceptors (Lipinski definition) is 6. The Morgan fingerprint density at radius 3 is 3.12 bits per heavy atom. The molecule has 7 nitrogen and oxygen atoms in total. The molecule has 132 valence electrons. The number of nitrogens with zero attached hydrogens (tertiary/aromatic N) is 2. The van der Waals surface area contributed by atoms with E-state index in [1.165, 1.54) is 22.8 Å². The summed E-state index contributed by atoms with van der Waals surface area (Å²) < 4.78 is 5.58. The average Bonchev–Trinajstić information content (AvgIpc) is 2.96. The van der Waals surface area contributed by atoms with Gasteiger partial charge < -0.3 is 10.1 Å². The molecule has 1 aliphatic carbocycles. The van der Waals surface area contributed by atoms with Gasteiger partial charge in [0.1, 0.15) is 11.2 Å². The molecule has 0 saturated carbocycles. The van der Waals surface area contributed by atoms with Gasteiger partial charge in [-0.3, -0.25) is 10.1 Å². The van der Waals surface area contributed by atoms with Crippen LogP contribution in [0.2, 0.25) is 0 Å². The van der Waals surface area contributed by atoms with Crippen LogP contribution in [0, 0.1) is 5.92 Å². The van der Waals surface area contributed by atoms with Crippen molar-refractivity contribution in [3.05, 3.63) is 29.4 Å². The maximum atomic E-state index is 11.8. The molecule has 1 unspecified atom stereocenters. The summed E-state index contributed by atoms with van der Waals surface area (Å²) in [5.74, 6) is 0.530. The molecule has 0 saturated heterocycles. The molecule has 8 heteroatoms. The second kappa shape index (κ2) is 7.60. The SMILES string of the molecule is C=CCNC(=O)NC(=O)COc1ncnc2sc3c(c12)CCC(C)C3. The molecule has 1 atom stereocenters. The summed E-state index contributed by atoms with van der Waals surface area (Å²) in [6.45, 7) is 5.73. The fourth-order valence-electron chi connectivity index (χ4n) is 2.86. The van der Waals surface area contributed by atoms with Crippen LogP contribution in [-0.2, 0) is 17.6 Å². The van der Waals surface area contributed by atoms with Crippen LogP contribution < -0.4 is 15.4 Å². The van der Waals surface area contributed by atoms with Crippen molar-refractivity contribution in [3.63, 3.8) is 0 Å². The van der Waals surface area contributed by atoms with Gasteiger partial charge in [-0.15, -0.1) is 17.9 Å². The smallest absolute Gasteiger partial charge is 0.321 e. The van der Waals surface area contributed by atoms with Gasteiger partial charge in [-0.05, 0) is 30.7 Å². The fourth-order valence-corrected chi connectivity index (χ4v) is 4.20. The van der Waals surface area contributed by atoms with Gasteiger partial charge in [0.2, 0.25) is 5.88 Å². The van der Waals surface area contributed by atoms with E-state index >= 15 is 0 Å². The van der Waals surface area contributed by atoms with Crippen LogP contribution in [0.1, 0.15) is 23.8 Å². The van der Waals surface area contributed by atoms with E-state index in [-0.39, 0.29) is 13.2 Å². The summed E-state index contributed by atoms with van der Waals surface area (Å²) >= 11 is 1.67. The fraction of sp³-hybridized carbons (Fsp3) is 0.412.